The Morgan fingerprint density at radius 2 is 2.20 bits per heavy atom. The predicted octanol–water partition coefficient (Wildman–Crippen LogP) is -0.372. The number of carboxylic acids is 1. The Morgan fingerprint density at radius 3 is 2.80 bits per heavy atom. The van der Waals surface area contributed by atoms with Gasteiger partial charge in [0.25, 0.3) is 0 Å². The molecule has 15 heavy (non-hydrogen) atoms. The maximum atomic E-state index is 11.2. The summed E-state index contributed by atoms with van der Waals surface area (Å²) in [5.74, 6) is -1.26. The number of nitrogens with zero attached hydrogens (tertiary/aromatic N) is 3. The smallest absolute Gasteiger partial charge is 0.313 e. The van der Waals surface area contributed by atoms with Crippen molar-refractivity contribution in [2.24, 2.45) is 0 Å². The van der Waals surface area contributed by atoms with Gasteiger partial charge >= 0.3 is 5.97 Å². The summed E-state index contributed by atoms with van der Waals surface area (Å²) in [7, 11) is 0. The molecule has 0 fully saturated rings. The van der Waals surface area contributed by atoms with Crippen LogP contribution in [0.25, 0.3) is 0 Å². The van der Waals surface area contributed by atoms with Gasteiger partial charge in [0.05, 0.1) is 23.9 Å². The number of carboxylic acid groups (broad SMARTS) is 1. The van der Waals surface area contributed by atoms with Crippen LogP contribution in [-0.2, 0) is 9.59 Å². The van der Waals surface area contributed by atoms with Crippen LogP contribution in [0.3, 0.4) is 0 Å². The van der Waals surface area contributed by atoms with Crippen molar-refractivity contribution in [1.82, 2.24) is 15.2 Å². The van der Waals surface area contributed by atoms with E-state index in [4.69, 9.17) is 5.11 Å². The molecule has 0 spiro atoms. The number of aromatic nitrogens is 3. The van der Waals surface area contributed by atoms with Crippen LogP contribution in [0.5, 0.6) is 0 Å². The molecule has 0 aliphatic heterocycles. The molecule has 0 radical (unpaired) electrons. The van der Waals surface area contributed by atoms with Gasteiger partial charge in [0, 0.05) is 0 Å². The highest BCUT2D eigenvalue weighted by Gasteiger charge is 2.05. The topological polar surface area (TPSA) is 105 Å². The van der Waals surface area contributed by atoms with E-state index in [1.165, 1.54) is 12.4 Å². The van der Waals surface area contributed by atoms with Crippen molar-refractivity contribution in [3.8, 4) is 0 Å². The summed E-state index contributed by atoms with van der Waals surface area (Å²) in [5.41, 5.74) is 0. The zero-order valence-electron chi connectivity index (χ0n) is 7.58. The summed E-state index contributed by atoms with van der Waals surface area (Å²) in [6, 6.07) is 0. The largest absolute Gasteiger partial charge is 0.481 e. The molecule has 1 heterocycles. The lowest BCUT2D eigenvalue weighted by Crippen LogP contribution is -2.17. The average Bonchev–Trinajstić information content (AvgIpc) is 2.18. The zero-order chi connectivity index (χ0) is 11.1. The Bertz CT molecular complexity index is 345. The Balaban J connectivity index is 2.28. The van der Waals surface area contributed by atoms with E-state index in [1.54, 1.807) is 0 Å². The molecule has 1 aromatic rings. The fraction of sp³-hybridized carbons (Fsp3) is 0.286. The molecule has 1 amide bonds. The molecule has 1 aromatic heterocycles. The summed E-state index contributed by atoms with van der Waals surface area (Å²) in [5, 5.41) is 17.8. The first-order valence-corrected chi connectivity index (χ1v) is 5.07. The number of carbonyl (C=O) groups excluding carboxylic acids is 1. The molecule has 0 saturated heterocycles. The van der Waals surface area contributed by atoms with Crippen molar-refractivity contribution in [2.45, 2.75) is 0 Å². The van der Waals surface area contributed by atoms with E-state index in [0.717, 1.165) is 11.8 Å². The first-order chi connectivity index (χ1) is 7.18. The van der Waals surface area contributed by atoms with Crippen LogP contribution in [-0.4, -0.2) is 43.7 Å². The standard InChI is InChI=1S/C7H8N4O3S/c12-5(3-15-4-6(13)14)10-7-8-1-2-9-11-7/h1-2H,3-4H2,(H,13,14)(H,8,10,11,12). The van der Waals surface area contributed by atoms with Gasteiger partial charge in [-0.2, -0.15) is 5.10 Å². The van der Waals surface area contributed by atoms with Crippen LogP contribution in [0.2, 0.25) is 0 Å². The minimum absolute atomic E-state index is 0.0462. The van der Waals surface area contributed by atoms with Crippen molar-refractivity contribution < 1.29 is 14.7 Å². The summed E-state index contributed by atoms with van der Waals surface area (Å²) < 4.78 is 0. The molecule has 0 unspecified atom stereocenters. The maximum Gasteiger partial charge on any atom is 0.313 e. The summed E-state index contributed by atoms with van der Waals surface area (Å²) >= 11 is 1.00. The van der Waals surface area contributed by atoms with Crippen LogP contribution in [0.15, 0.2) is 12.4 Å². The summed E-state index contributed by atoms with van der Waals surface area (Å²) in [6.45, 7) is 0. The summed E-state index contributed by atoms with van der Waals surface area (Å²) in [6.07, 6.45) is 2.78. The number of hydrogen-bond acceptors (Lipinski definition) is 6. The Kier molecular flexibility index (Phi) is 4.48. The SMILES string of the molecule is O=C(O)CSCC(=O)Nc1nccnn1. The van der Waals surface area contributed by atoms with Crippen molar-refractivity contribution in [2.75, 3.05) is 16.8 Å². The van der Waals surface area contributed by atoms with Crippen molar-refractivity contribution in [3.63, 3.8) is 0 Å². The van der Waals surface area contributed by atoms with Crippen molar-refractivity contribution in [1.29, 1.82) is 0 Å². The molecule has 0 saturated carbocycles. The zero-order valence-corrected chi connectivity index (χ0v) is 8.40. The van der Waals surface area contributed by atoms with E-state index in [1.807, 2.05) is 0 Å². The van der Waals surface area contributed by atoms with Gasteiger partial charge < -0.3 is 5.11 Å². The first-order valence-electron chi connectivity index (χ1n) is 3.91. The Labute approximate surface area is 89.3 Å². The number of rotatable bonds is 5. The fourth-order valence-electron chi connectivity index (χ4n) is 0.697. The highest BCUT2D eigenvalue weighted by molar-refractivity contribution is 8.00. The molecule has 0 atom stereocenters. The summed E-state index contributed by atoms with van der Waals surface area (Å²) in [4.78, 5) is 25.0. The minimum Gasteiger partial charge on any atom is -0.481 e. The van der Waals surface area contributed by atoms with Crippen LogP contribution in [0.4, 0.5) is 5.95 Å². The van der Waals surface area contributed by atoms with Crippen LogP contribution < -0.4 is 5.32 Å². The second kappa shape index (κ2) is 5.91. The molecule has 0 aromatic carbocycles. The van der Waals surface area contributed by atoms with E-state index in [2.05, 4.69) is 20.5 Å². The van der Waals surface area contributed by atoms with E-state index in [-0.39, 0.29) is 23.4 Å². The molecule has 80 valence electrons. The molecular weight excluding hydrogens is 220 g/mol. The average molecular weight is 228 g/mol. The van der Waals surface area contributed by atoms with E-state index < -0.39 is 5.97 Å². The lowest BCUT2D eigenvalue weighted by atomic mass is 10.7. The number of aliphatic carboxylic acids is 1. The van der Waals surface area contributed by atoms with Crippen LogP contribution in [0.1, 0.15) is 0 Å². The number of amides is 1. The quantitative estimate of drug-likeness (QED) is 0.708. The van der Waals surface area contributed by atoms with Gasteiger partial charge in [-0.25, -0.2) is 4.98 Å². The third-order valence-corrected chi connectivity index (χ3v) is 2.11. The molecule has 1 rings (SSSR count). The second-order valence-corrected chi connectivity index (χ2v) is 3.39. The molecule has 8 heteroatoms. The third kappa shape index (κ3) is 4.91. The highest BCUT2D eigenvalue weighted by Crippen LogP contribution is 2.00. The van der Waals surface area contributed by atoms with Crippen molar-refractivity contribution in [3.05, 3.63) is 12.4 Å². The molecule has 7 nitrogen and oxygen atoms in total. The monoisotopic (exact) mass is 228 g/mol. The Hall–Kier alpha value is -1.70. The normalized spacial score (nSPS) is 9.60. The number of anilines is 1. The van der Waals surface area contributed by atoms with Gasteiger partial charge in [0.1, 0.15) is 0 Å². The highest BCUT2D eigenvalue weighted by atomic mass is 32.2. The number of hydrogen-bond donors (Lipinski definition) is 2. The minimum atomic E-state index is -0.953. The van der Waals surface area contributed by atoms with E-state index >= 15 is 0 Å². The van der Waals surface area contributed by atoms with Gasteiger partial charge in [-0.05, 0) is 0 Å². The van der Waals surface area contributed by atoms with Crippen LogP contribution >= 0.6 is 11.8 Å². The van der Waals surface area contributed by atoms with Gasteiger partial charge in [-0.15, -0.1) is 16.9 Å². The van der Waals surface area contributed by atoms with Gasteiger partial charge in [0.15, 0.2) is 0 Å². The van der Waals surface area contributed by atoms with E-state index in [0.29, 0.717) is 0 Å². The second-order valence-electron chi connectivity index (χ2n) is 2.40. The molecular formula is C7H8N4O3S. The first kappa shape index (κ1) is 11.4. The van der Waals surface area contributed by atoms with Crippen molar-refractivity contribution >= 4 is 29.6 Å². The molecule has 0 aliphatic carbocycles. The lowest BCUT2D eigenvalue weighted by molar-refractivity contribution is -0.133. The molecule has 2 N–H and O–H groups in total. The Morgan fingerprint density at radius 1 is 1.40 bits per heavy atom. The van der Waals surface area contributed by atoms with E-state index in [9.17, 15) is 9.59 Å². The number of nitrogens with one attached hydrogen (secondary N) is 1. The van der Waals surface area contributed by atoms with Gasteiger partial charge in [-0.1, -0.05) is 0 Å². The van der Waals surface area contributed by atoms with Gasteiger partial charge in [0.2, 0.25) is 11.9 Å². The molecule has 0 aliphatic rings. The van der Waals surface area contributed by atoms with Gasteiger partial charge in [-0.3, -0.25) is 14.9 Å². The third-order valence-electron chi connectivity index (χ3n) is 1.19. The lowest BCUT2D eigenvalue weighted by Gasteiger charge is -2.00. The number of carbonyl (C=O) groups is 2. The van der Waals surface area contributed by atoms with Crippen LogP contribution in [0, 0.1) is 0 Å². The fourth-order valence-corrected chi connectivity index (χ4v) is 1.23. The molecule has 0 bridgehead atoms. The number of thioether (sulfide) groups is 1. The predicted molar refractivity (Wildman–Crippen MR) is 53.4 cm³/mol. The maximum absolute atomic E-state index is 11.2.